The van der Waals surface area contributed by atoms with Crippen LogP contribution in [0.4, 0.5) is 0 Å². The summed E-state index contributed by atoms with van der Waals surface area (Å²) in [6.07, 6.45) is 2.35. The molecule has 0 aliphatic carbocycles. The molecule has 0 saturated carbocycles. The second-order valence-electron chi connectivity index (χ2n) is 5.54. The molecule has 0 aromatic carbocycles. The fourth-order valence-electron chi connectivity index (χ4n) is 2.54. The molecule has 3 rings (SSSR count). The average molecular weight is 333 g/mol. The number of hydrogen-bond donors (Lipinski definition) is 1. The summed E-state index contributed by atoms with van der Waals surface area (Å²) in [4.78, 5) is 29.7. The Morgan fingerprint density at radius 1 is 1.48 bits per heavy atom. The van der Waals surface area contributed by atoms with E-state index in [2.05, 4.69) is 10.3 Å². The molecule has 1 aliphatic rings. The second kappa shape index (κ2) is 6.95. The quantitative estimate of drug-likeness (QED) is 0.824. The van der Waals surface area contributed by atoms with Gasteiger partial charge in [0.2, 0.25) is 5.91 Å². The monoisotopic (exact) mass is 333 g/mol. The van der Waals surface area contributed by atoms with E-state index in [0.717, 1.165) is 25.1 Å². The number of aryl methyl sites for hydroxylation is 1. The van der Waals surface area contributed by atoms with E-state index in [1.54, 1.807) is 5.38 Å². The van der Waals surface area contributed by atoms with Crippen LogP contribution in [0.2, 0.25) is 0 Å². The normalized spacial score (nSPS) is 14.5. The van der Waals surface area contributed by atoms with Gasteiger partial charge < -0.3 is 14.6 Å². The second-order valence-corrected chi connectivity index (χ2v) is 6.40. The molecule has 1 N–H and O–H groups in total. The first-order chi connectivity index (χ1) is 11.1. The molecule has 2 aromatic rings. The molecule has 7 heteroatoms. The van der Waals surface area contributed by atoms with Gasteiger partial charge in [-0.25, -0.2) is 4.98 Å². The third kappa shape index (κ3) is 3.79. The highest BCUT2D eigenvalue weighted by Crippen LogP contribution is 2.25. The molecule has 0 atom stereocenters. The summed E-state index contributed by atoms with van der Waals surface area (Å²) in [5, 5.41) is 5.27. The molecular formula is C16H19N3O3S. The van der Waals surface area contributed by atoms with Crippen LogP contribution >= 0.6 is 11.3 Å². The first kappa shape index (κ1) is 15.7. The highest BCUT2D eigenvalue weighted by Gasteiger charge is 2.19. The summed E-state index contributed by atoms with van der Waals surface area (Å²) in [7, 11) is 0. The number of likely N-dealkylation sites (tertiary alicyclic amines) is 1. The van der Waals surface area contributed by atoms with E-state index < -0.39 is 0 Å². The van der Waals surface area contributed by atoms with Gasteiger partial charge in [0.1, 0.15) is 11.5 Å². The van der Waals surface area contributed by atoms with Gasteiger partial charge in [0.25, 0.3) is 5.91 Å². The van der Waals surface area contributed by atoms with Crippen molar-refractivity contribution in [3.05, 3.63) is 29.0 Å². The molecule has 23 heavy (non-hydrogen) atoms. The fraction of sp³-hybridized carbons (Fsp3) is 0.438. The minimum absolute atomic E-state index is 0.191. The van der Waals surface area contributed by atoms with Gasteiger partial charge in [0.05, 0.1) is 0 Å². The van der Waals surface area contributed by atoms with Crippen LogP contribution in [-0.2, 0) is 4.79 Å². The smallest absolute Gasteiger partial charge is 0.270 e. The lowest BCUT2D eigenvalue weighted by atomic mass is 10.3. The summed E-state index contributed by atoms with van der Waals surface area (Å²) >= 11 is 1.39. The number of nitrogens with zero attached hydrogens (tertiary/aromatic N) is 2. The third-order valence-electron chi connectivity index (χ3n) is 3.75. The average Bonchev–Trinajstić information content (AvgIpc) is 3.24. The van der Waals surface area contributed by atoms with Gasteiger partial charge in [0.15, 0.2) is 10.8 Å². The van der Waals surface area contributed by atoms with Crippen molar-refractivity contribution in [3.63, 3.8) is 0 Å². The molecule has 6 nitrogen and oxygen atoms in total. The number of carbonyl (C=O) groups excluding carboxylic acids is 2. The molecule has 1 aliphatic heterocycles. The van der Waals surface area contributed by atoms with Gasteiger partial charge in [-0.1, -0.05) is 0 Å². The predicted molar refractivity (Wildman–Crippen MR) is 87.3 cm³/mol. The Morgan fingerprint density at radius 3 is 3.04 bits per heavy atom. The maximum Gasteiger partial charge on any atom is 0.270 e. The van der Waals surface area contributed by atoms with Crippen LogP contribution in [0.15, 0.2) is 21.9 Å². The summed E-state index contributed by atoms with van der Waals surface area (Å²) < 4.78 is 5.51. The molecule has 122 valence electrons. The van der Waals surface area contributed by atoms with Crippen molar-refractivity contribution >= 4 is 23.2 Å². The Balaban J connectivity index is 1.47. The molecule has 0 radical (unpaired) electrons. The molecular weight excluding hydrogens is 314 g/mol. The zero-order valence-corrected chi connectivity index (χ0v) is 13.8. The molecule has 0 bridgehead atoms. The van der Waals surface area contributed by atoms with Crippen molar-refractivity contribution in [1.29, 1.82) is 0 Å². The fourth-order valence-corrected chi connectivity index (χ4v) is 3.30. The van der Waals surface area contributed by atoms with E-state index in [1.165, 1.54) is 11.3 Å². The number of thiazole rings is 1. The first-order valence-corrected chi connectivity index (χ1v) is 8.60. The maximum atomic E-state index is 12.1. The number of aromatic nitrogens is 1. The van der Waals surface area contributed by atoms with E-state index >= 15 is 0 Å². The first-order valence-electron chi connectivity index (χ1n) is 7.72. The topological polar surface area (TPSA) is 75.4 Å². The van der Waals surface area contributed by atoms with Crippen LogP contribution in [0.5, 0.6) is 0 Å². The standard InChI is InChI=1S/C16H19N3O3S/c1-11-5-6-13(22-11)16-18-12(10-23-16)15(21)17-7-3-9-19-8-2-4-14(19)20/h5-6,10H,2-4,7-9H2,1H3,(H,17,21). The zero-order valence-electron chi connectivity index (χ0n) is 13.0. The van der Waals surface area contributed by atoms with Crippen LogP contribution in [-0.4, -0.2) is 41.3 Å². The van der Waals surface area contributed by atoms with E-state index in [0.29, 0.717) is 36.0 Å². The van der Waals surface area contributed by atoms with Gasteiger partial charge in [-0.05, 0) is 31.9 Å². The van der Waals surface area contributed by atoms with Crippen molar-refractivity contribution in [1.82, 2.24) is 15.2 Å². The van der Waals surface area contributed by atoms with Crippen LogP contribution in [0, 0.1) is 6.92 Å². The molecule has 0 unspecified atom stereocenters. The Hall–Kier alpha value is -2.15. The van der Waals surface area contributed by atoms with Gasteiger partial charge in [-0.15, -0.1) is 11.3 Å². The third-order valence-corrected chi connectivity index (χ3v) is 4.61. The van der Waals surface area contributed by atoms with Crippen LogP contribution in [0.1, 0.15) is 35.5 Å². The zero-order chi connectivity index (χ0) is 16.2. The van der Waals surface area contributed by atoms with E-state index in [1.807, 2.05) is 24.0 Å². The molecule has 3 heterocycles. The Labute approximate surface area is 138 Å². The number of nitrogens with one attached hydrogen (secondary N) is 1. The lowest BCUT2D eigenvalue weighted by Gasteiger charge is -2.14. The summed E-state index contributed by atoms with van der Waals surface area (Å²) in [6, 6.07) is 3.72. The van der Waals surface area contributed by atoms with E-state index in [9.17, 15) is 9.59 Å². The van der Waals surface area contributed by atoms with Crippen molar-refractivity contribution in [2.45, 2.75) is 26.2 Å². The van der Waals surface area contributed by atoms with Crippen molar-refractivity contribution in [2.24, 2.45) is 0 Å². The number of rotatable bonds is 6. The van der Waals surface area contributed by atoms with E-state index in [-0.39, 0.29) is 11.8 Å². The largest absolute Gasteiger partial charge is 0.459 e. The van der Waals surface area contributed by atoms with Crippen LogP contribution in [0.25, 0.3) is 10.8 Å². The number of hydrogen-bond acceptors (Lipinski definition) is 5. The Morgan fingerprint density at radius 2 is 2.35 bits per heavy atom. The van der Waals surface area contributed by atoms with E-state index in [4.69, 9.17) is 4.42 Å². The molecule has 2 amide bonds. The highest BCUT2D eigenvalue weighted by molar-refractivity contribution is 7.13. The minimum atomic E-state index is -0.191. The van der Waals surface area contributed by atoms with Crippen molar-refractivity contribution < 1.29 is 14.0 Å². The summed E-state index contributed by atoms with van der Waals surface area (Å²) in [5.74, 6) is 1.52. The van der Waals surface area contributed by atoms with Crippen molar-refractivity contribution in [3.8, 4) is 10.8 Å². The molecule has 2 aromatic heterocycles. The summed E-state index contributed by atoms with van der Waals surface area (Å²) in [6.45, 7) is 3.95. The van der Waals surface area contributed by atoms with Gasteiger partial charge >= 0.3 is 0 Å². The number of carbonyl (C=O) groups is 2. The SMILES string of the molecule is Cc1ccc(-c2nc(C(=O)NCCCN3CCCC3=O)cs2)o1. The summed E-state index contributed by atoms with van der Waals surface area (Å²) in [5.41, 5.74) is 0.399. The van der Waals surface area contributed by atoms with Crippen LogP contribution in [0.3, 0.4) is 0 Å². The lowest BCUT2D eigenvalue weighted by molar-refractivity contribution is -0.127. The van der Waals surface area contributed by atoms with Gasteiger partial charge in [-0.2, -0.15) is 0 Å². The minimum Gasteiger partial charge on any atom is -0.459 e. The molecule has 1 saturated heterocycles. The predicted octanol–water partition coefficient (Wildman–Crippen LogP) is 2.45. The van der Waals surface area contributed by atoms with Gasteiger partial charge in [0, 0.05) is 31.4 Å². The number of furan rings is 1. The maximum absolute atomic E-state index is 12.1. The number of amides is 2. The van der Waals surface area contributed by atoms with Crippen LogP contribution < -0.4 is 5.32 Å². The Bertz CT molecular complexity index is 707. The highest BCUT2D eigenvalue weighted by atomic mass is 32.1. The van der Waals surface area contributed by atoms with Gasteiger partial charge in [-0.3, -0.25) is 9.59 Å². The lowest BCUT2D eigenvalue weighted by Crippen LogP contribution is -2.30. The van der Waals surface area contributed by atoms with Crippen molar-refractivity contribution in [2.75, 3.05) is 19.6 Å². The molecule has 0 spiro atoms. The molecule has 1 fully saturated rings. The Kier molecular flexibility index (Phi) is 4.76.